The first-order valence-electron chi connectivity index (χ1n) is 6.74. The van der Waals surface area contributed by atoms with Gasteiger partial charge in [0.25, 0.3) is 5.91 Å². The van der Waals surface area contributed by atoms with E-state index in [0.29, 0.717) is 35.3 Å². The van der Waals surface area contributed by atoms with Crippen LogP contribution in [-0.2, 0) is 11.3 Å². The Bertz CT molecular complexity index is 635. The number of hydrogen-bond donors (Lipinski definition) is 0. The van der Waals surface area contributed by atoms with Crippen LogP contribution in [0.3, 0.4) is 0 Å². The van der Waals surface area contributed by atoms with E-state index in [1.165, 1.54) is 0 Å². The van der Waals surface area contributed by atoms with Crippen LogP contribution < -0.4 is 0 Å². The van der Waals surface area contributed by atoms with Crippen molar-refractivity contribution in [2.75, 3.05) is 20.3 Å². The van der Waals surface area contributed by atoms with Gasteiger partial charge in [-0.05, 0) is 35.9 Å². The molecule has 0 radical (unpaired) electrons. The topological polar surface area (TPSA) is 42.4 Å². The highest BCUT2D eigenvalue weighted by atomic mass is 35.5. The van der Waals surface area contributed by atoms with E-state index < -0.39 is 0 Å². The summed E-state index contributed by atoms with van der Waals surface area (Å²) < 4.78 is 5.09. The molecule has 6 heteroatoms. The first-order valence-corrected chi connectivity index (χ1v) is 7.49. The number of benzene rings is 1. The number of halogens is 2. The first kappa shape index (κ1) is 16.7. The lowest BCUT2D eigenvalue weighted by molar-refractivity contribution is 0.0680. The molecule has 1 amide bonds. The van der Waals surface area contributed by atoms with E-state index in [4.69, 9.17) is 27.9 Å². The average Bonchev–Trinajstić information content (AvgIpc) is 2.54. The first-order chi connectivity index (χ1) is 10.6. The molecule has 0 saturated heterocycles. The lowest BCUT2D eigenvalue weighted by atomic mass is 10.1. The van der Waals surface area contributed by atoms with Crippen molar-refractivity contribution in [1.29, 1.82) is 0 Å². The zero-order chi connectivity index (χ0) is 15.9. The number of carbonyl (C=O) groups excluding carboxylic acids is 1. The molecule has 0 atom stereocenters. The number of rotatable bonds is 6. The zero-order valence-electron chi connectivity index (χ0n) is 12.1. The molecule has 2 rings (SSSR count). The molecular weight excluding hydrogens is 323 g/mol. The molecule has 0 spiro atoms. The zero-order valence-corrected chi connectivity index (χ0v) is 13.6. The van der Waals surface area contributed by atoms with Crippen molar-refractivity contribution >= 4 is 29.1 Å². The summed E-state index contributed by atoms with van der Waals surface area (Å²) in [5.74, 6) is -0.118. The molecule has 4 nitrogen and oxygen atoms in total. The molecule has 0 fully saturated rings. The van der Waals surface area contributed by atoms with Crippen LogP contribution in [0.1, 0.15) is 15.9 Å². The monoisotopic (exact) mass is 338 g/mol. The van der Waals surface area contributed by atoms with Crippen LogP contribution >= 0.6 is 23.2 Å². The third-order valence-electron chi connectivity index (χ3n) is 3.14. The second-order valence-corrected chi connectivity index (χ2v) is 5.52. The second-order valence-electron chi connectivity index (χ2n) is 4.70. The Labute approximate surface area is 139 Å². The van der Waals surface area contributed by atoms with E-state index >= 15 is 0 Å². The summed E-state index contributed by atoms with van der Waals surface area (Å²) in [5, 5.41) is 0.791. The van der Waals surface area contributed by atoms with Crippen molar-refractivity contribution in [3.8, 4) is 0 Å². The molecule has 1 aromatic heterocycles. The Hall–Kier alpha value is -1.62. The van der Waals surface area contributed by atoms with Crippen molar-refractivity contribution in [3.63, 3.8) is 0 Å². The fraction of sp³-hybridized carbons (Fsp3) is 0.250. The highest BCUT2D eigenvalue weighted by Gasteiger charge is 2.17. The summed E-state index contributed by atoms with van der Waals surface area (Å²) in [4.78, 5) is 18.4. The van der Waals surface area contributed by atoms with Crippen LogP contribution in [-0.4, -0.2) is 36.1 Å². The molecule has 22 heavy (non-hydrogen) atoms. The molecule has 1 aromatic carbocycles. The molecule has 0 saturated carbocycles. The summed E-state index contributed by atoms with van der Waals surface area (Å²) in [5.41, 5.74) is 1.50. The molecule has 1 heterocycles. The summed E-state index contributed by atoms with van der Waals surface area (Å²) in [6.45, 7) is 1.42. The van der Waals surface area contributed by atoms with Gasteiger partial charge in [-0.3, -0.25) is 9.78 Å². The van der Waals surface area contributed by atoms with Crippen LogP contribution in [0.15, 0.2) is 42.7 Å². The van der Waals surface area contributed by atoms with Crippen LogP contribution in [0.4, 0.5) is 0 Å². The molecule has 0 bridgehead atoms. The fourth-order valence-electron chi connectivity index (χ4n) is 1.97. The summed E-state index contributed by atoms with van der Waals surface area (Å²) in [6.07, 6.45) is 3.40. The van der Waals surface area contributed by atoms with E-state index in [1.54, 1.807) is 42.6 Å². The Kier molecular flexibility index (Phi) is 6.19. The van der Waals surface area contributed by atoms with Gasteiger partial charge in [-0.2, -0.15) is 0 Å². The van der Waals surface area contributed by atoms with Gasteiger partial charge in [-0.25, -0.2) is 0 Å². The van der Waals surface area contributed by atoms with Crippen LogP contribution in [0.25, 0.3) is 0 Å². The maximum Gasteiger partial charge on any atom is 0.254 e. The van der Waals surface area contributed by atoms with Crippen molar-refractivity contribution in [2.45, 2.75) is 6.54 Å². The maximum atomic E-state index is 12.7. The lowest BCUT2D eigenvalue weighted by Crippen LogP contribution is -2.33. The molecular formula is C16H16Cl2N2O2. The van der Waals surface area contributed by atoms with E-state index in [-0.39, 0.29) is 5.91 Å². The maximum absolute atomic E-state index is 12.7. The standard InChI is InChI=1S/C16H16Cl2N2O2/c1-22-9-8-20(11-12-4-6-19-7-5-12)16(21)13-2-3-14(17)15(18)10-13/h2-7,10H,8-9,11H2,1H3. The van der Waals surface area contributed by atoms with Crippen molar-refractivity contribution in [3.05, 3.63) is 63.9 Å². The van der Waals surface area contributed by atoms with Gasteiger partial charge in [0, 0.05) is 38.2 Å². The van der Waals surface area contributed by atoms with Crippen LogP contribution in [0.2, 0.25) is 10.0 Å². The van der Waals surface area contributed by atoms with Gasteiger partial charge < -0.3 is 9.64 Å². The summed E-state index contributed by atoms with van der Waals surface area (Å²) >= 11 is 11.9. The fourth-order valence-corrected chi connectivity index (χ4v) is 2.27. The SMILES string of the molecule is COCCN(Cc1ccncc1)C(=O)c1ccc(Cl)c(Cl)c1. The molecule has 0 aliphatic heterocycles. The van der Waals surface area contributed by atoms with Crippen molar-refractivity contribution in [1.82, 2.24) is 9.88 Å². The minimum absolute atomic E-state index is 0.118. The average molecular weight is 339 g/mol. The van der Waals surface area contributed by atoms with E-state index in [9.17, 15) is 4.79 Å². The van der Waals surface area contributed by atoms with Gasteiger partial charge in [0.15, 0.2) is 0 Å². The number of hydrogen-bond acceptors (Lipinski definition) is 3. The predicted molar refractivity (Wildman–Crippen MR) is 87.3 cm³/mol. The second kappa shape index (κ2) is 8.13. The number of carbonyl (C=O) groups is 1. The minimum atomic E-state index is -0.118. The Morgan fingerprint density at radius 1 is 1.18 bits per heavy atom. The highest BCUT2D eigenvalue weighted by Crippen LogP contribution is 2.23. The molecule has 0 aliphatic rings. The van der Waals surface area contributed by atoms with Gasteiger partial charge >= 0.3 is 0 Å². The van der Waals surface area contributed by atoms with Crippen molar-refractivity contribution < 1.29 is 9.53 Å². The number of ether oxygens (including phenoxy) is 1. The van der Waals surface area contributed by atoms with Crippen molar-refractivity contribution in [2.24, 2.45) is 0 Å². The number of aromatic nitrogens is 1. The van der Waals surface area contributed by atoms with E-state index in [2.05, 4.69) is 4.98 Å². The molecule has 0 unspecified atom stereocenters. The van der Waals surface area contributed by atoms with E-state index in [1.807, 2.05) is 12.1 Å². The third-order valence-corrected chi connectivity index (χ3v) is 3.88. The molecule has 2 aromatic rings. The number of nitrogens with zero attached hydrogens (tertiary/aromatic N) is 2. The Balaban J connectivity index is 2.19. The largest absolute Gasteiger partial charge is 0.383 e. The highest BCUT2D eigenvalue weighted by molar-refractivity contribution is 6.42. The minimum Gasteiger partial charge on any atom is -0.383 e. The van der Waals surface area contributed by atoms with Gasteiger partial charge in [0.05, 0.1) is 16.7 Å². The van der Waals surface area contributed by atoms with Gasteiger partial charge in [0.2, 0.25) is 0 Å². The van der Waals surface area contributed by atoms with Gasteiger partial charge in [0.1, 0.15) is 0 Å². The molecule has 116 valence electrons. The third kappa shape index (κ3) is 4.44. The smallest absolute Gasteiger partial charge is 0.254 e. The quantitative estimate of drug-likeness (QED) is 0.806. The molecule has 0 N–H and O–H groups in total. The van der Waals surface area contributed by atoms with E-state index in [0.717, 1.165) is 5.56 Å². The van der Waals surface area contributed by atoms with Gasteiger partial charge in [-0.15, -0.1) is 0 Å². The van der Waals surface area contributed by atoms with Gasteiger partial charge in [-0.1, -0.05) is 23.2 Å². The summed E-state index contributed by atoms with van der Waals surface area (Å²) in [7, 11) is 1.61. The Morgan fingerprint density at radius 2 is 1.91 bits per heavy atom. The Morgan fingerprint density at radius 3 is 2.55 bits per heavy atom. The number of amides is 1. The normalized spacial score (nSPS) is 10.5. The number of methoxy groups -OCH3 is 1. The summed E-state index contributed by atoms with van der Waals surface area (Å²) in [6, 6.07) is 8.63. The van der Waals surface area contributed by atoms with Crippen LogP contribution in [0, 0.1) is 0 Å². The number of pyridine rings is 1. The predicted octanol–water partition coefficient (Wildman–Crippen LogP) is 3.68. The van der Waals surface area contributed by atoms with Crippen LogP contribution in [0.5, 0.6) is 0 Å². The molecule has 0 aliphatic carbocycles. The lowest BCUT2D eigenvalue weighted by Gasteiger charge is -2.22.